The van der Waals surface area contributed by atoms with E-state index in [1.807, 2.05) is 11.9 Å². The van der Waals surface area contributed by atoms with Gasteiger partial charge in [0.05, 0.1) is 25.4 Å². The average Bonchev–Trinajstić information content (AvgIpc) is 2.51. The van der Waals surface area contributed by atoms with Crippen molar-refractivity contribution in [2.24, 2.45) is 11.7 Å². The van der Waals surface area contributed by atoms with Gasteiger partial charge in [-0.1, -0.05) is 0 Å². The highest BCUT2D eigenvalue weighted by molar-refractivity contribution is 5.76. The molecule has 22 heavy (non-hydrogen) atoms. The zero-order valence-electron chi connectivity index (χ0n) is 13.4. The minimum absolute atomic E-state index is 0.147. The third-order valence-corrected chi connectivity index (χ3v) is 4.80. The minimum atomic E-state index is -0.808. The van der Waals surface area contributed by atoms with E-state index in [0.717, 1.165) is 32.5 Å². The molecule has 7 heteroatoms. The smallest absolute Gasteiger partial charge is 0.223 e. The Morgan fingerprint density at radius 3 is 2.64 bits per heavy atom. The molecule has 0 aromatic heterocycles. The van der Waals surface area contributed by atoms with Crippen molar-refractivity contribution in [1.82, 2.24) is 9.80 Å². The first-order valence-electron chi connectivity index (χ1n) is 8.15. The summed E-state index contributed by atoms with van der Waals surface area (Å²) < 4.78 is 5.33. The molecular weight excluding hydrogens is 286 g/mol. The number of amides is 1. The van der Waals surface area contributed by atoms with E-state index in [2.05, 4.69) is 4.90 Å². The number of carbonyl (C=O) groups excluding carboxylic acids is 1. The molecule has 4 N–H and O–H groups in total. The summed E-state index contributed by atoms with van der Waals surface area (Å²) in [5, 5.41) is 19.8. The molecule has 0 unspecified atom stereocenters. The third-order valence-electron chi connectivity index (χ3n) is 4.80. The van der Waals surface area contributed by atoms with Crippen LogP contribution in [0.25, 0.3) is 0 Å². The molecule has 1 amide bonds. The van der Waals surface area contributed by atoms with E-state index in [1.54, 1.807) is 0 Å². The molecule has 0 radical (unpaired) electrons. The van der Waals surface area contributed by atoms with E-state index in [-0.39, 0.29) is 18.6 Å². The van der Waals surface area contributed by atoms with Crippen molar-refractivity contribution in [3.05, 3.63) is 0 Å². The van der Waals surface area contributed by atoms with E-state index in [4.69, 9.17) is 10.5 Å². The highest BCUT2D eigenvalue weighted by atomic mass is 16.5. The van der Waals surface area contributed by atoms with Crippen LogP contribution in [0.2, 0.25) is 0 Å². The Hall–Kier alpha value is -0.730. The monoisotopic (exact) mass is 315 g/mol. The number of nitrogens with zero attached hydrogens (tertiary/aromatic N) is 2. The number of aliphatic hydroxyl groups excluding tert-OH is 2. The van der Waals surface area contributed by atoms with Crippen molar-refractivity contribution in [3.8, 4) is 0 Å². The summed E-state index contributed by atoms with van der Waals surface area (Å²) in [5.74, 6) is 0.645. The molecule has 0 aromatic carbocycles. The molecular formula is C15H29N3O4. The van der Waals surface area contributed by atoms with Crippen LogP contribution in [0.3, 0.4) is 0 Å². The summed E-state index contributed by atoms with van der Waals surface area (Å²) in [7, 11) is 1.96. The lowest BCUT2D eigenvalue weighted by Gasteiger charge is -2.40. The van der Waals surface area contributed by atoms with Crippen LogP contribution in [0.4, 0.5) is 0 Å². The number of carbonyl (C=O) groups is 1. The van der Waals surface area contributed by atoms with E-state index in [0.29, 0.717) is 25.5 Å². The molecule has 0 bridgehead atoms. The van der Waals surface area contributed by atoms with Crippen LogP contribution in [0.5, 0.6) is 0 Å². The molecule has 2 saturated heterocycles. The van der Waals surface area contributed by atoms with Gasteiger partial charge in [-0.15, -0.1) is 0 Å². The Kier molecular flexibility index (Phi) is 6.58. The minimum Gasteiger partial charge on any atom is -0.389 e. The molecule has 2 fully saturated rings. The van der Waals surface area contributed by atoms with Gasteiger partial charge in [-0.3, -0.25) is 9.69 Å². The Bertz CT molecular complexity index is 361. The van der Waals surface area contributed by atoms with Crippen LogP contribution in [-0.2, 0) is 9.53 Å². The first-order chi connectivity index (χ1) is 10.5. The molecule has 128 valence electrons. The standard InChI is InChI=1S/C15H29N3O4/c1-17(12-9-22-10-13(19)15(12)21)8-11-3-6-18(7-4-11)14(20)2-5-16/h11-13,15,19,21H,2-10,16H2,1H3/t12-,13-,15+/m1/s1. The van der Waals surface area contributed by atoms with E-state index in [9.17, 15) is 15.0 Å². The van der Waals surface area contributed by atoms with Gasteiger partial charge in [-0.05, 0) is 25.8 Å². The predicted molar refractivity (Wildman–Crippen MR) is 82.2 cm³/mol. The number of ether oxygens (including phenoxy) is 1. The maximum Gasteiger partial charge on any atom is 0.223 e. The fourth-order valence-corrected chi connectivity index (χ4v) is 3.34. The maximum atomic E-state index is 11.8. The second-order valence-corrected chi connectivity index (χ2v) is 6.47. The Balaban J connectivity index is 1.76. The number of rotatable bonds is 5. The average molecular weight is 315 g/mol. The van der Waals surface area contributed by atoms with E-state index >= 15 is 0 Å². The van der Waals surface area contributed by atoms with Gasteiger partial charge in [0.25, 0.3) is 0 Å². The summed E-state index contributed by atoms with van der Waals surface area (Å²) in [6, 6.07) is -0.166. The number of nitrogens with two attached hydrogens (primary N) is 1. The fourth-order valence-electron chi connectivity index (χ4n) is 3.34. The summed E-state index contributed by atoms with van der Waals surface area (Å²) in [6.45, 7) is 3.46. The molecule has 0 aromatic rings. The van der Waals surface area contributed by atoms with Crippen LogP contribution in [0.15, 0.2) is 0 Å². The Morgan fingerprint density at radius 2 is 2.00 bits per heavy atom. The SMILES string of the molecule is CN(CC1CCN(C(=O)CCN)CC1)[C@@H]1COC[C@@H](O)[C@H]1O. The first kappa shape index (κ1) is 17.6. The van der Waals surface area contributed by atoms with Crippen LogP contribution in [0.1, 0.15) is 19.3 Å². The molecule has 2 aliphatic heterocycles. The maximum absolute atomic E-state index is 11.8. The molecule has 2 heterocycles. The van der Waals surface area contributed by atoms with Gasteiger partial charge in [-0.25, -0.2) is 0 Å². The zero-order chi connectivity index (χ0) is 16.1. The molecule has 0 spiro atoms. The predicted octanol–water partition coefficient (Wildman–Crippen LogP) is -1.37. The zero-order valence-corrected chi connectivity index (χ0v) is 13.4. The number of likely N-dealkylation sites (tertiary alicyclic amines) is 1. The Morgan fingerprint density at radius 1 is 1.32 bits per heavy atom. The lowest BCUT2D eigenvalue weighted by Crippen LogP contribution is -2.56. The van der Waals surface area contributed by atoms with Crippen molar-refractivity contribution >= 4 is 5.91 Å². The molecule has 2 rings (SSSR count). The van der Waals surface area contributed by atoms with Gasteiger partial charge in [0.2, 0.25) is 5.91 Å². The largest absolute Gasteiger partial charge is 0.389 e. The topological polar surface area (TPSA) is 99.3 Å². The second kappa shape index (κ2) is 8.21. The van der Waals surface area contributed by atoms with Gasteiger partial charge in [0.15, 0.2) is 0 Å². The highest BCUT2D eigenvalue weighted by Gasteiger charge is 2.35. The molecule has 2 aliphatic rings. The van der Waals surface area contributed by atoms with Gasteiger partial charge < -0.3 is 25.6 Å². The Labute approximate surface area is 132 Å². The fraction of sp³-hybridized carbons (Fsp3) is 0.933. The summed E-state index contributed by atoms with van der Waals surface area (Å²) in [5.41, 5.74) is 5.43. The highest BCUT2D eigenvalue weighted by Crippen LogP contribution is 2.21. The number of aliphatic hydroxyl groups is 2. The van der Waals surface area contributed by atoms with Gasteiger partial charge in [0, 0.05) is 32.6 Å². The van der Waals surface area contributed by atoms with Crippen LogP contribution < -0.4 is 5.73 Å². The summed E-state index contributed by atoms with van der Waals surface area (Å²) in [6.07, 6.45) is 0.787. The second-order valence-electron chi connectivity index (χ2n) is 6.47. The number of likely N-dealkylation sites (N-methyl/N-ethyl adjacent to an activating group) is 1. The van der Waals surface area contributed by atoms with Crippen molar-refractivity contribution in [2.75, 3.05) is 46.4 Å². The van der Waals surface area contributed by atoms with Crippen LogP contribution >= 0.6 is 0 Å². The number of hydrogen-bond acceptors (Lipinski definition) is 6. The quantitative estimate of drug-likeness (QED) is 0.579. The van der Waals surface area contributed by atoms with E-state index in [1.165, 1.54) is 0 Å². The molecule has 7 nitrogen and oxygen atoms in total. The number of hydrogen-bond donors (Lipinski definition) is 3. The molecule has 3 atom stereocenters. The lowest BCUT2D eigenvalue weighted by molar-refractivity contribution is -0.134. The first-order valence-corrected chi connectivity index (χ1v) is 8.15. The van der Waals surface area contributed by atoms with Gasteiger partial charge >= 0.3 is 0 Å². The van der Waals surface area contributed by atoms with Crippen molar-refractivity contribution in [3.63, 3.8) is 0 Å². The molecule has 0 aliphatic carbocycles. The third kappa shape index (κ3) is 4.39. The van der Waals surface area contributed by atoms with Crippen molar-refractivity contribution in [2.45, 2.75) is 37.5 Å². The van der Waals surface area contributed by atoms with Gasteiger partial charge in [-0.2, -0.15) is 0 Å². The van der Waals surface area contributed by atoms with Gasteiger partial charge in [0.1, 0.15) is 6.10 Å². The van der Waals surface area contributed by atoms with Crippen LogP contribution in [-0.4, -0.2) is 90.6 Å². The van der Waals surface area contributed by atoms with Crippen molar-refractivity contribution in [1.29, 1.82) is 0 Å². The normalized spacial score (nSPS) is 30.8. The summed E-state index contributed by atoms with van der Waals surface area (Å²) >= 11 is 0. The van der Waals surface area contributed by atoms with Crippen LogP contribution in [0, 0.1) is 5.92 Å². The van der Waals surface area contributed by atoms with E-state index < -0.39 is 12.2 Å². The summed E-state index contributed by atoms with van der Waals surface area (Å²) in [4.78, 5) is 15.8. The number of piperidine rings is 1. The van der Waals surface area contributed by atoms with Crippen molar-refractivity contribution < 1.29 is 19.7 Å². The molecule has 0 saturated carbocycles. The lowest BCUT2D eigenvalue weighted by atomic mass is 9.94.